The molecule has 0 spiro atoms. The zero-order valence-corrected chi connectivity index (χ0v) is 16.6. The molecule has 0 saturated carbocycles. The molecular formula is C14H29NaO5S. The fraction of sp³-hybridized carbons (Fsp3) is 1.00. The van der Waals surface area contributed by atoms with Gasteiger partial charge in [-0.25, -0.2) is 12.6 Å². The van der Waals surface area contributed by atoms with Crippen molar-refractivity contribution in [3.8, 4) is 0 Å². The average molecular weight is 332 g/mol. The smallest absolute Gasteiger partial charge is 0.725 e. The van der Waals surface area contributed by atoms with E-state index in [2.05, 4.69) is 11.1 Å². The maximum Gasteiger partial charge on any atom is 1.00 e. The Labute approximate surface area is 152 Å². The first-order chi connectivity index (χ1) is 9.45. The molecule has 0 radical (unpaired) electrons. The molecule has 0 aliphatic rings. The van der Waals surface area contributed by atoms with Crippen LogP contribution < -0.4 is 29.6 Å². The summed E-state index contributed by atoms with van der Waals surface area (Å²) < 4.78 is 40.1. The molecule has 0 heterocycles. The molecule has 0 aromatic heterocycles. The molecule has 0 aliphatic carbocycles. The van der Waals surface area contributed by atoms with Gasteiger partial charge in [0.15, 0.2) is 6.29 Å². The normalized spacial score (nSPS) is 12.9. The van der Waals surface area contributed by atoms with Gasteiger partial charge < -0.3 is 9.29 Å². The van der Waals surface area contributed by atoms with Crippen molar-refractivity contribution in [3.63, 3.8) is 0 Å². The molecular weight excluding hydrogens is 303 g/mol. The van der Waals surface area contributed by atoms with Crippen LogP contribution in [0.3, 0.4) is 0 Å². The minimum absolute atomic E-state index is 0. The fourth-order valence-electron chi connectivity index (χ4n) is 2.03. The van der Waals surface area contributed by atoms with E-state index in [9.17, 15) is 13.0 Å². The number of hydrogen-bond donors (Lipinski definition) is 0. The zero-order chi connectivity index (χ0) is 15.3. The first-order valence-electron chi connectivity index (χ1n) is 7.71. The molecule has 7 heteroatoms. The third-order valence-corrected chi connectivity index (χ3v) is 3.61. The number of unbranched alkanes of at least 4 members (excludes halogenated alkanes) is 9. The van der Waals surface area contributed by atoms with Crippen LogP contribution in [0, 0.1) is 0 Å². The molecule has 1 atom stereocenters. The van der Waals surface area contributed by atoms with Crippen LogP contribution in [0.5, 0.6) is 0 Å². The Morgan fingerprint density at radius 1 is 0.905 bits per heavy atom. The monoisotopic (exact) mass is 332 g/mol. The Hall–Kier alpha value is 0.830. The van der Waals surface area contributed by atoms with E-state index < -0.39 is 16.7 Å². The molecule has 0 fully saturated rings. The summed E-state index contributed by atoms with van der Waals surface area (Å²) >= 11 is 0. The van der Waals surface area contributed by atoms with Crippen LogP contribution in [0.4, 0.5) is 0 Å². The van der Waals surface area contributed by atoms with Gasteiger partial charge in [-0.2, -0.15) is 0 Å². The number of rotatable bonds is 14. The topological polar surface area (TPSA) is 75.7 Å². The van der Waals surface area contributed by atoms with E-state index in [1.54, 1.807) is 0 Å². The molecule has 0 rings (SSSR count). The SMILES string of the molecule is CCCCCCCCCCCCOC(C)OS(=O)(=O)[O-].[Na+]. The number of ether oxygens (including phenoxy) is 1. The van der Waals surface area contributed by atoms with Gasteiger partial charge in [0.1, 0.15) is 0 Å². The van der Waals surface area contributed by atoms with Crippen molar-refractivity contribution in [2.24, 2.45) is 0 Å². The van der Waals surface area contributed by atoms with Crippen molar-refractivity contribution in [2.45, 2.75) is 84.3 Å². The van der Waals surface area contributed by atoms with Gasteiger partial charge in [-0.1, -0.05) is 64.7 Å². The Kier molecular flexibility index (Phi) is 18.0. The minimum atomic E-state index is -4.66. The van der Waals surface area contributed by atoms with Gasteiger partial charge in [0.25, 0.3) is 0 Å². The van der Waals surface area contributed by atoms with Crippen LogP contribution in [-0.4, -0.2) is 25.9 Å². The van der Waals surface area contributed by atoms with Crippen molar-refractivity contribution in [1.82, 2.24) is 0 Å². The summed E-state index contributed by atoms with van der Waals surface area (Å²) in [4.78, 5) is 0. The van der Waals surface area contributed by atoms with Gasteiger partial charge in [0.2, 0.25) is 10.4 Å². The van der Waals surface area contributed by atoms with E-state index >= 15 is 0 Å². The van der Waals surface area contributed by atoms with Gasteiger partial charge in [0.05, 0.1) is 0 Å². The molecule has 21 heavy (non-hydrogen) atoms. The maximum atomic E-state index is 10.3. The molecule has 0 saturated heterocycles. The maximum absolute atomic E-state index is 10.3. The van der Waals surface area contributed by atoms with Gasteiger partial charge in [0, 0.05) is 6.61 Å². The van der Waals surface area contributed by atoms with Gasteiger partial charge in [-0.3, -0.25) is 0 Å². The predicted octanol–water partition coefficient (Wildman–Crippen LogP) is 0.751. The molecule has 0 amide bonds. The molecule has 0 aromatic carbocycles. The second kappa shape index (κ2) is 15.7. The quantitative estimate of drug-likeness (QED) is 0.154. The summed E-state index contributed by atoms with van der Waals surface area (Å²) in [6.07, 6.45) is 11.3. The van der Waals surface area contributed by atoms with Gasteiger partial charge >= 0.3 is 29.6 Å². The standard InChI is InChI=1S/C14H30O5S.Na/c1-3-4-5-6-7-8-9-10-11-12-13-18-14(2)19-20(15,16)17;/h14H,3-13H2,1-2H3,(H,15,16,17);/q;+1/p-1. The molecule has 122 valence electrons. The predicted molar refractivity (Wildman–Crippen MR) is 78.0 cm³/mol. The van der Waals surface area contributed by atoms with E-state index in [0.717, 1.165) is 12.8 Å². The third-order valence-electron chi connectivity index (χ3n) is 3.10. The van der Waals surface area contributed by atoms with Gasteiger partial charge in [-0.05, 0) is 13.3 Å². The zero-order valence-electron chi connectivity index (χ0n) is 13.8. The summed E-state index contributed by atoms with van der Waals surface area (Å²) in [6, 6.07) is 0. The first-order valence-corrected chi connectivity index (χ1v) is 9.04. The van der Waals surface area contributed by atoms with Gasteiger partial charge in [-0.15, -0.1) is 0 Å². The van der Waals surface area contributed by atoms with E-state index in [1.807, 2.05) is 0 Å². The molecule has 0 bridgehead atoms. The Bertz CT molecular complexity index is 308. The molecule has 5 nitrogen and oxygen atoms in total. The van der Waals surface area contributed by atoms with E-state index in [1.165, 1.54) is 58.3 Å². The third kappa shape index (κ3) is 20.8. The summed E-state index contributed by atoms with van der Waals surface area (Å²) in [5.74, 6) is 0. The Morgan fingerprint density at radius 3 is 1.76 bits per heavy atom. The second-order valence-corrected chi connectivity index (χ2v) is 6.13. The van der Waals surface area contributed by atoms with Crippen molar-refractivity contribution in [3.05, 3.63) is 0 Å². The van der Waals surface area contributed by atoms with Crippen molar-refractivity contribution in [2.75, 3.05) is 6.61 Å². The summed E-state index contributed by atoms with van der Waals surface area (Å²) in [7, 11) is -4.66. The average Bonchev–Trinajstić information content (AvgIpc) is 2.34. The van der Waals surface area contributed by atoms with E-state index in [4.69, 9.17) is 4.74 Å². The molecule has 0 N–H and O–H groups in total. The van der Waals surface area contributed by atoms with Crippen molar-refractivity contribution >= 4 is 10.4 Å². The molecule has 0 aromatic rings. The molecule has 0 aliphatic heterocycles. The number of hydrogen-bond acceptors (Lipinski definition) is 5. The van der Waals surface area contributed by atoms with Crippen LogP contribution in [0.2, 0.25) is 0 Å². The minimum Gasteiger partial charge on any atom is -0.725 e. The van der Waals surface area contributed by atoms with Crippen LogP contribution >= 0.6 is 0 Å². The summed E-state index contributed by atoms with van der Waals surface area (Å²) in [6.45, 7) is 4.05. The van der Waals surface area contributed by atoms with Crippen molar-refractivity contribution < 1.29 is 51.4 Å². The Balaban J connectivity index is 0. The van der Waals surface area contributed by atoms with Crippen LogP contribution in [0.25, 0.3) is 0 Å². The van der Waals surface area contributed by atoms with Crippen molar-refractivity contribution in [1.29, 1.82) is 0 Å². The largest absolute Gasteiger partial charge is 1.00 e. The van der Waals surface area contributed by atoms with E-state index in [-0.39, 0.29) is 29.6 Å². The second-order valence-electron chi connectivity index (χ2n) is 5.12. The van der Waals surface area contributed by atoms with Crippen LogP contribution in [0.15, 0.2) is 0 Å². The Morgan fingerprint density at radius 2 is 1.33 bits per heavy atom. The summed E-state index contributed by atoms with van der Waals surface area (Å²) in [5.41, 5.74) is 0. The molecule has 1 unspecified atom stereocenters. The van der Waals surface area contributed by atoms with Crippen LogP contribution in [0.1, 0.15) is 78.1 Å². The first kappa shape index (κ1) is 24.1. The summed E-state index contributed by atoms with van der Waals surface area (Å²) in [5, 5.41) is 0. The fourth-order valence-corrected chi connectivity index (χ4v) is 2.42. The van der Waals surface area contributed by atoms with Crippen LogP contribution in [-0.2, 0) is 19.3 Å². The van der Waals surface area contributed by atoms with E-state index in [0.29, 0.717) is 6.61 Å².